The molecule has 2 aliphatic heterocycles. The maximum Gasteiger partial charge on any atom is 0.387 e. The zero-order valence-corrected chi connectivity index (χ0v) is 14.3. The standard InChI is InChI=1S/C17H22F2N2O2.ClH/c18-16(19)23-14-3-1-2-13(10-14)11-15(22)21-8-5-17(6-9-21)4-7-20-12-17;/h1-3,10,16,20H,4-9,11-12H2;1H. The second kappa shape index (κ2) is 8.12. The number of nitrogens with zero attached hydrogens (tertiary/aromatic N) is 1. The van der Waals surface area contributed by atoms with Gasteiger partial charge in [-0.1, -0.05) is 12.1 Å². The number of rotatable bonds is 4. The number of carbonyl (C=O) groups excluding carboxylic acids is 1. The second-order valence-corrected chi connectivity index (χ2v) is 6.51. The third-order valence-electron chi connectivity index (χ3n) is 4.99. The van der Waals surface area contributed by atoms with Gasteiger partial charge in [0.1, 0.15) is 5.75 Å². The number of alkyl halides is 2. The van der Waals surface area contributed by atoms with Crippen molar-refractivity contribution < 1.29 is 18.3 Å². The second-order valence-electron chi connectivity index (χ2n) is 6.51. The number of carbonyl (C=O) groups is 1. The van der Waals surface area contributed by atoms with Crippen LogP contribution < -0.4 is 10.1 Å². The molecule has 24 heavy (non-hydrogen) atoms. The first kappa shape index (κ1) is 18.9. The summed E-state index contributed by atoms with van der Waals surface area (Å²) in [5.74, 6) is 0.153. The van der Waals surface area contributed by atoms with E-state index in [0.717, 1.165) is 39.0 Å². The third-order valence-corrected chi connectivity index (χ3v) is 4.99. The molecular formula is C17H23ClF2N2O2. The molecule has 0 aliphatic carbocycles. The van der Waals surface area contributed by atoms with Crippen LogP contribution in [-0.4, -0.2) is 43.6 Å². The van der Waals surface area contributed by atoms with E-state index in [4.69, 9.17) is 0 Å². The predicted octanol–water partition coefficient (Wildman–Crippen LogP) is 2.85. The van der Waals surface area contributed by atoms with Gasteiger partial charge in [-0.15, -0.1) is 12.4 Å². The van der Waals surface area contributed by atoms with Crippen molar-refractivity contribution in [3.63, 3.8) is 0 Å². The molecule has 0 aromatic heterocycles. The SMILES string of the molecule is Cl.O=C(Cc1cccc(OC(F)F)c1)N1CCC2(CCNC2)CC1. The summed E-state index contributed by atoms with van der Waals surface area (Å²) in [7, 11) is 0. The van der Waals surface area contributed by atoms with Crippen molar-refractivity contribution in [3.8, 4) is 5.75 Å². The molecule has 1 spiro atoms. The van der Waals surface area contributed by atoms with E-state index in [2.05, 4.69) is 10.1 Å². The molecule has 2 fully saturated rings. The average Bonchev–Trinajstić information content (AvgIpc) is 2.96. The Hall–Kier alpha value is -1.40. The number of ether oxygens (including phenoxy) is 1. The van der Waals surface area contributed by atoms with Crippen LogP contribution in [0.25, 0.3) is 0 Å². The zero-order chi connectivity index (χ0) is 16.3. The molecule has 134 valence electrons. The van der Waals surface area contributed by atoms with Gasteiger partial charge in [0.2, 0.25) is 5.91 Å². The van der Waals surface area contributed by atoms with Crippen LogP contribution in [0.3, 0.4) is 0 Å². The van der Waals surface area contributed by atoms with Gasteiger partial charge in [0.15, 0.2) is 0 Å². The monoisotopic (exact) mass is 360 g/mol. The summed E-state index contributed by atoms with van der Waals surface area (Å²) in [4.78, 5) is 14.3. The number of hydrogen-bond acceptors (Lipinski definition) is 3. The fourth-order valence-electron chi connectivity index (χ4n) is 3.57. The van der Waals surface area contributed by atoms with Crippen LogP contribution in [-0.2, 0) is 11.2 Å². The van der Waals surface area contributed by atoms with Gasteiger partial charge in [0, 0.05) is 19.6 Å². The van der Waals surface area contributed by atoms with Gasteiger partial charge >= 0.3 is 6.61 Å². The highest BCUT2D eigenvalue weighted by atomic mass is 35.5. The van der Waals surface area contributed by atoms with Crippen molar-refractivity contribution in [2.45, 2.75) is 32.3 Å². The van der Waals surface area contributed by atoms with Crippen molar-refractivity contribution in [2.24, 2.45) is 5.41 Å². The van der Waals surface area contributed by atoms with Gasteiger partial charge in [-0.05, 0) is 48.9 Å². The Morgan fingerprint density at radius 1 is 1.29 bits per heavy atom. The zero-order valence-electron chi connectivity index (χ0n) is 13.5. The fourth-order valence-corrected chi connectivity index (χ4v) is 3.57. The summed E-state index contributed by atoms with van der Waals surface area (Å²) in [5, 5.41) is 3.41. The molecule has 4 nitrogen and oxygen atoms in total. The Morgan fingerprint density at radius 2 is 2.04 bits per heavy atom. The number of benzene rings is 1. The minimum absolute atomic E-state index is 0. The van der Waals surface area contributed by atoms with Crippen LogP contribution in [0.4, 0.5) is 8.78 Å². The topological polar surface area (TPSA) is 41.6 Å². The fraction of sp³-hybridized carbons (Fsp3) is 0.588. The summed E-state index contributed by atoms with van der Waals surface area (Å²) < 4.78 is 28.9. The van der Waals surface area contributed by atoms with E-state index in [9.17, 15) is 13.6 Å². The van der Waals surface area contributed by atoms with Gasteiger partial charge in [-0.25, -0.2) is 0 Å². The van der Waals surface area contributed by atoms with Crippen LogP contribution in [0.5, 0.6) is 5.75 Å². The Bertz CT molecular complexity index is 555. The van der Waals surface area contributed by atoms with Crippen molar-refractivity contribution in [1.29, 1.82) is 0 Å². The summed E-state index contributed by atoms with van der Waals surface area (Å²) >= 11 is 0. The Morgan fingerprint density at radius 3 is 2.67 bits per heavy atom. The predicted molar refractivity (Wildman–Crippen MR) is 89.8 cm³/mol. The van der Waals surface area contributed by atoms with E-state index in [1.54, 1.807) is 12.1 Å². The molecule has 0 unspecified atom stereocenters. The quantitative estimate of drug-likeness (QED) is 0.897. The summed E-state index contributed by atoms with van der Waals surface area (Å²) in [5.41, 5.74) is 1.08. The molecule has 3 rings (SSSR count). The molecule has 0 bridgehead atoms. The summed E-state index contributed by atoms with van der Waals surface area (Å²) in [6.45, 7) is 0.855. The molecule has 2 heterocycles. The van der Waals surface area contributed by atoms with E-state index < -0.39 is 6.61 Å². The van der Waals surface area contributed by atoms with Gasteiger partial charge in [-0.2, -0.15) is 8.78 Å². The van der Waals surface area contributed by atoms with Crippen molar-refractivity contribution >= 4 is 18.3 Å². The summed E-state index contributed by atoms with van der Waals surface area (Å²) in [6, 6.07) is 6.38. The van der Waals surface area contributed by atoms with E-state index in [1.807, 2.05) is 4.90 Å². The van der Waals surface area contributed by atoms with Crippen molar-refractivity contribution in [1.82, 2.24) is 10.2 Å². The van der Waals surface area contributed by atoms with Crippen LogP contribution in [0.1, 0.15) is 24.8 Å². The number of hydrogen-bond donors (Lipinski definition) is 1. The molecule has 7 heteroatoms. The molecule has 2 aliphatic rings. The van der Waals surface area contributed by atoms with Crippen molar-refractivity contribution in [3.05, 3.63) is 29.8 Å². The molecule has 1 N–H and O–H groups in total. The van der Waals surface area contributed by atoms with E-state index in [1.165, 1.54) is 18.6 Å². The molecular weight excluding hydrogens is 338 g/mol. The van der Waals surface area contributed by atoms with E-state index >= 15 is 0 Å². The van der Waals surface area contributed by atoms with Gasteiger partial charge in [-0.3, -0.25) is 4.79 Å². The lowest BCUT2D eigenvalue weighted by Crippen LogP contribution is -2.44. The number of halogens is 3. The van der Waals surface area contributed by atoms with Crippen LogP contribution in [0, 0.1) is 5.41 Å². The Balaban J connectivity index is 0.00000208. The molecule has 0 saturated carbocycles. The molecule has 0 radical (unpaired) electrons. The first-order valence-corrected chi connectivity index (χ1v) is 8.09. The lowest BCUT2D eigenvalue weighted by atomic mass is 9.78. The third kappa shape index (κ3) is 4.57. The molecule has 1 amide bonds. The number of piperidine rings is 1. The first-order chi connectivity index (χ1) is 11.1. The van der Waals surface area contributed by atoms with E-state index in [-0.39, 0.29) is 30.5 Å². The minimum Gasteiger partial charge on any atom is -0.435 e. The van der Waals surface area contributed by atoms with Gasteiger partial charge in [0.25, 0.3) is 0 Å². The summed E-state index contributed by atoms with van der Waals surface area (Å²) in [6.07, 6.45) is 3.51. The van der Waals surface area contributed by atoms with Crippen LogP contribution >= 0.6 is 12.4 Å². The maximum atomic E-state index is 12.4. The molecule has 0 atom stereocenters. The smallest absolute Gasteiger partial charge is 0.387 e. The lowest BCUT2D eigenvalue weighted by molar-refractivity contribution is -0.132. The van der Waals surface area contributed by atoms with E-state index in [0.29, 0.717) is 11.0 Å². The largest absolute Gasteiger partial charge is 0.435 e. The van der Waals surface area contributed by atoms with Crippen molar-refractivity contribution in [2.75, 3.05) is 26.2 Å². The normalized spacial score (nSPS) is 19.4. The highest BCUT2D eigenvalue weighted by Crippen LogP contribution is 2.37. The Labute approximate surface area is 147 Å². The molecule has 1 aromatic rings. The number of likely N-dealkylation sites (tertiary alicyclic amines) is 1. The number of amides is 1. The maximum absolute atomic E-state index is 12.4. The highest BCUT2D eigenvalue weighted by molar-refractivity contribution is 5.85. The Kier molecular flexibility index (Phi) is 6.40. The van der Waals surface area contributed by atoms with Crippen LogP contribution in [0.15, 0.2) is 24.3 Å². The average molecular weight is 361 g/mol. The lowest BCUT2D eigenvalue weighted by Gasteiger charge is -2.39. The van der Waals surface area contributed by atoms with Crippen LogP contribution in [0.2, 0.25) is 0 Å². The van der Waals surface area contributed by atoms with Gasteiger partial charge < -0.3 is 15.0 Å². The molecule has 2 saturated heterocycles. The number of nitrogens with one attached hydrogen (secondary N) is 1. The minimum atomic E-state index is -2.85. The molecule has 1 aromatic carbocycles. The first-order valence-electron chi connectivity index (χ1n) is 8.09. The highest BCUT2D eigenvalue weighted by Gasteiger charge is 2.37. The van der Waals surface area contributed by atoms with Gasteiger partial charge in [0.05, 0.1) is 6.42 Å².